The van der Waals surface area contributed by atoms with E-state index in [0.29, 0.717) is 23.3 Å². The molecule has 2 rings (SSSR count). The quantitative estimate of drug-likeness (QED) is 0.210. The summed E-state index contributed by atoms with van der Waals surface area (Å²) in [6.45, 7) is 7.31. The van der Waals surface area contributed by atoms with E-state index in [2.05, 4.69) is 38.7 Å². The smallest absolute Gasteiger partial charge is 0.240 e. The molecule has 0 bridgehead atoms. The molecule has 1 aromatic heterocycles. The summed E-state index contributed by atoms with van der Waals surface area (Å²) >= 11 is 1.74. The van der Waals surface area contributed by atoms with Crippen molar-refractivity contribution in [3.8, 4) is 0 Å². The molecule has 9 heteroatoms. The van der Waals surface area contributed by atoms with E-state index in [-0.39, 0.29) is 30.5 Å². The second-order valence-corrected chi connectivity index (χ2v) is 9.18. The Morgan fingerprint density at radius 1 is 1.18 bits per heavy atom. The maximum absolute atomic E-state index is 12.5. The van der Waals surface area contributed by atoms with Gasteiger partial charge in [0.15, 0.2) is 5.96 Å². The molecular formula is C19H29IN4O2S2. The van der Waals surface area contributed by atoms with Crippen molar-refractivity contribution in [3.63, 3.8) is 0 Å². The number of sulfonamides is 1. The van der Waals surface area contributed by atoms with Gasteiger partial charge in [-0.15, -0.1) is 35.3 Å². The van der Waals surface area contributed by atoms with E-state index in [0.717, 1.165) is 17.7 Å². The number of aryl methyl sites for hydroxylation is 2. The third-order valence-electron chi connectivity index (χ3n) is 4.17. The van der Waals surface area contributed by atoms with Crippen LogP contribution in [0.25, 0.3) is 0 Å². The minimum atomic E-state index is -3.52. The highest BCUT2D eigenvalue weighted by molar-refractivity contribution is 14.0. The summed E-state index contributed by atoms with van der Waals surface area (Å²) in [6.07, 6.45) is 0. The molecule has 0 amide bonds. The molecule has 3 N–H and O–H groups in total. The van der Waals surface area contributed by atoms with Crippen molar-refractivity contribution in [2.45, 2.75) is 31.6 Å². The Morgan fingerprint density at radius 2 is 1.93 bits per heavy atom. The normalized spacial score (nSPS) is 12.9. The minimum Gasteiger partial charge on any atom is -0.356 e. The van der Waals surface area contributed by atoms with Gasteiger partial charge < -0.3 is 10.6 Å². The second-order valence-electron chi connectivity index (χ2n) is 6.46. The number of guanidine groups is 1. The molecule has 0 aliphatic carbocycles. The van der Waals surface area contributed by atoms with E-state index in [1.165, 1.54) is 4.88 Å². The van der Waals surface area contributed by atoms with Crippen molar-refractivity contribution in [2.24, 2.45) is 4.99 Å². The van der Waals surface area contributed by atoms with Crippen LogP contribution in [0.4, 0.5) is 0 Å². The number of nitrogens with zero attached hydrogens (tertiary/aromatic N) is 1. The van der Waals surface area contributed by atoms with Gasteiger partial charge in [0.1, 0.15) is 0 Å². The summed E-state index contributed by atoms with van der Waals surface area (Å²) in [6, 6.07) is 9.59. The number of aliphatic imine (C=N–C) groups is 1. The number of hydrogen-bond donors (Lipinski definition) is 3. The molecule has 0 fully saturated rings. The first-order chi connectivity index (χ1) is 12.8. The zero-order chi connectivity index (χ0) is 19.9. The first-order valence-corrected chi connectivity index (χ1v) is 11.2. The predicted octanol–water partition coefficient (Wildman–Crippen LogP) is 3.23. The lowest BCUT2D eigenvalue weighted by atomic mass is 10.1. The second kappa shape index (κ2) is 11.7. The van der Waals surface area contributed by atoms with Crippen molar-refractivity contribution in [2.75, 3.05) is 26.7 Å². The predicted molar refractivity (Wildman–Crippen MR) is 129 cm³/mol. The van der Waals surface area contributed by atoms with Crippen LogP contribution in [0, 0.1) is 13.8 Å². The summed E-state index contributed by atoms with van der Waals surface area (Å²) in [5.74, 6) is 1.04. The molecular weight excluding hydrogens is 507 g/mol. The molecule has 0 saturated carbocycles. The lowest BCUT2D eigenvalue weighted by Crippen LogP contribution is -2.42. The molecule has 0 aliphatic rings. The van der Waals surface area contributed by atoms with Crippen LogP contribution in [0.1, 0.15) is 28.8 Å². The van der Waals surface area contributed by atoms with Crippen molar-refractivity contribution >= 4 is 51.3 Å². The molecule has 1 heterocycles. The van der Waals surface area contributed by atoms with Crippen LogP contribution in [0.2, 0.25) is 0 Å². The van der Waals surface area contributed by atoms with Crippen LogP contribution in [0.3, 0.4) is 0 Å². The zero-order valence-corrected chi connectivity index (χ0v) is 20.6. The highest BCUT2D eigenvalue weighted by Gasteiger charge is 2.16. The van der Waals surface area contributed by atoms with E-state index in [9.17, 15) is 8.42 Å². The van der Waals surface area contributed by atoms with Crippen LogP contribution >= 0.6 is 35.3 Å². The van der Waals surface area contributed by atoms with Crippen LogP contribution < -0.4 is 15.4 Å². The van der Waals surface area contributed by atoms with Crippen molar-refractivity contribution in [3.05, 3.63) is 51.7 Å². The fourth-order valence-corrected chi connectivity index (χ4v) is 4.73. The summed E-state index contributed by atoms with van der Waals surface area (Å²) in [5.41, 5.74) is 1.66. The van der Waals surface area contributed by atoms with Gasteiger partial charge in [0.25, 0.3) is 0 Å². The van der Waals surface area contributed by atoms with E-state index in [1.807, 2.05) is 25.1 Å². The summed E-state index contributed by atoms with van der Waals surface area (Å²) in [7, 11) is -1.82. The summed E-state index contributed by atoms with van der Waals surface area (Å²) < 4.78 is 27.6. The molecule has 0 saturated heterocycles. The van der Waals surface area contributed by atoms with Crippen LogP contribution in [-0.4, -0.2) is 41.1 Å². The number of nitrogens with one attached hydrogen (secondary N) is 3. The highest BCUT2D eigenvalue weighted by Crippen LogP contribution is 2.19. The standard InChI is InChI=1S/C19H28N4O2S2.HI/c1-14-7-8-15(2)18(12-14)27(24,25)23-10-9-21-19(20-4)22-13-16(3)17-6-5-11-26-17;/h5-8,11-12,16,23H,9-10,13H2,1-4H3,(H2,20,21,22);1H. The number of hydrogen-bond acceptors (Lipinski definition) is 4. The van der Waals surface area contributed by atoms with E-state index in [4.69, 9.17) is 0 Å². The topological polar surface area (TPSA) is 82.6 Å². The van der Waals surface area contributed by atoms with Gasteiger partial charge in [-0.05, 0) is 42.5 Å². The molecule has 2 aromatic rings. The largest absolute Gasteiger partial charge is 0.356 e. The zero-order valence-electron chi connectivity index (χ0n) is 16.7. The lowest BCUT2D eigenvalue weighted by molar-refractivity contribution is 0.579. The molecule has 156 valence electrons. The van der Waals surface area contributed by atoms with Crippen molar-refractivity contribution in [1.82, 2.24) is 15.4 Å². The van der Waals surface area contributed by atoms with Gasteiger partial charge in [0.05, 0.1) is 4.90 Å². The van der Waals surface area contributed by atoms with E-state index < -0.39 is 10.0 Å². The minimum absolute atomic E-state index is 0. The van der Waals surface area contributed by atoms with E-state index >= 15 is 0 Å². The third kappa shape index (κ3) is 7.34. The summed E-state index contributed by atoms with van der Waals surface area (Å²) in [4.78, 5) is 5.83. The summed E-state index contributed by atoms with van der Waals surface area (Å²) in [5, 5.41) is 8.48. The van der Waals surface area contributed by atoms with Gasteiger partial charge in [-0.1, -0.05) is 25.1 Å². The lowest BCUT2D eigenvalue weighted by Gasteiger charge is -2.15. The number of benzene rings is 1. The van der Waals surface area contributed by atoms with Crippen LogP contribution in [-0.2, 0) is 10.0 Å². The molecule has 0 spiro atoms. The Labute approximate surface area is 189 Å². The number of rotatable bonds is 8. The average Bonchev–Trinajstić information content (AvgIpc) is 3.17. The first kappa shape index (κ1) is 24.9. The third-order valence-corrected chi connectivity index (χ3v) is 6.88. The Balaban J connectivity index is 0.00000392. The number of halogens is 1. The molecule has 28 heavy (non-hydrogen) atoms. The maximum atomic E-state index is 12.5. The Hall–Kier alpha value is -1.17. The maximum Gasteiger partial charge on any atom is 0.240 e. The van der Waals surface area contributed by atoms with Crippen molar-refractivity contribution < 1.29 is 8.42 Å². The molecule has 1 atom stereocenters. The Kier molecular flexibility index (Phi) is 10.4. The van der Waals surface area contributed by atoms with Gasteiger partial charge in [0.2, 0.25) is 10.0 Å². The van der Waals surface area contributed by atoms with E-state index in [1.54, 1.807) is 31.4 Å². The number of thiophene rings is 1. The molecule has 1 unspecified atom stereocenters. The monoisotopic (exact) mass is 536 g/mol. The first-order valence-electron chi connectivity index (χ1n) is 8.88. The van der Waals surface area contributed by atoms with Gasteiger partial charge in [-0.25, -0.2) is 13.1 Å². The average molecular weight is 537 g/mol. The molecule has 1 aromatic carbocycles. The fraction of sp³-hybridized carbons (Fsp3) is 0.421. The van der Waals surface area contributed by atoms with Gasteiger partial charge in [-0.2, -0.15) is 0 Å². The molecule has 0 aliphatic heterocycles. The van der Waals surface area contributed by atoms with Crippen LogP contribution in [0.15, 0.2) is 45.6 Å². The van der Waals surface area contributed by atoms with Crippen LogP contribution in [0.5, 0.6) is 0 Å². The highest BCUT2D eigenvalue weighted by atomic mass is 127. The Morgan fingerprint density at radius 3 is 2.57 bits per heavy atom. The molecule has 6 nitrogen and oxygen atoms in total. The Bertz CT molecular complexity index is 868. The SMILES string of the molecule is CN=C(NCCNS(=O)(=O)c1cc(C)ccc1C)NCC(C)c1cccs1.I. The fourth-order valence-electron chi connectivity index (χ4n) is 2.58. The van der Waals surface area contributed by atoms with Gasteiger partial charge in [-0.3, -0.25) is 4.99 Å². The van der Waals surface area contributed by atoms with Gasteiger partial charge in [0, 0.05) is 37.5 Å². The van der Waals surface area contributed by atoms with Crippen molar-refractivity contribution in [1.29, 1.82) is 0 Å². The van der Waals surface area contributed by atoms with Gasteiger partial charge >= 0.3 is 0 Å². The molecule has 0 radical (unpaired) electrons.